The number of fused-ring (bicyclic) bond motifs is 3. The van der Waals surface area contributed by atoms with E-state index >= 15 is 0 Å². The predicted octanol–water partition coefficient (Wildman–Crippen LogP) is 5.49. The van der Waals surface area contributed by atoms with Crippen LogP contribution in [-0.4, -0.2) is 42.0 Å². The topological polar surface area (TPSA) is 94.5 Å². The molecule has 0 unspecified atom stereocenters. The fraction of sp³-hybridized carbons (Fsp3) is 0.130. The first-order chi connectivity index (χ1) is 16.4. The molecule has 3 aromatic rings. The molecule has 1 aromatic heterocycles. The Morgan fingerprint density at radius 2 is 2.00 bits per heavy atom. The van der Waals surface area contributed by atoms with Crippen LogP contribution in [0.5, 0.6) is 0 Å². The van der Waals surface area contributed by atoms with Crippen molar-refractivity contribution >= 4 is 74.2 Å². The minimum absolute atomic E-state index is 0.0152. The van der Waals surface area contributed by atoms with Gasteiger partial charge in [0.2, 0.25) is 5.95 Å². The maximum atomic E-state index is 14.8. The molecule has 0 bridgehead atoms. The number of hydrogen-bond acceptors (Lipinski definition) is 6. The number of aromatic nitrogens is 2. The van der Waals surface area contributed by atoms with Gasteiger partial charge in [-0.15, -0.1) is 0 Å². The van der Waals surface area contributed by atoms with Crippen molar-refractivity contribution in [2.24, 2.45) is 4.99 Å². The Hall–Kier alpha value is -3.50. The lowest BCUT2D eigenvalue weighted by atomic mass is 9.98. The summed E-state index contributed by atoms with van der Waals surface area (Å²) in [5.41, 5.74) is 2.69. The van der Waals surface area contributed by atoms with Crippen LogP contribution in [0.3, 0.4) is 0 Å². The zero-order valence-electron chi connectivity index (χ0n) is 17.9. The molecule has 0 spiro atoms. The molecule has 0 radical (unpaired) electrons. The largest absolute Gasteiger partial charge is 0.357 e. The first-order valence-electron chi connectivity index (χ1n) is 10.4. The summed E-state index contributed by atoms with van der Waals surface area (Å²) in [7, 11) is 1.76. The molecule has 2 aliphatic rings. The normalized spacial score (nSPS) is 14.1. The number of carbonyl (C=O) groups is 1. The summed E-state index contributed by atoms with van der Waals surface area (Å²) in [6, 6.07) is 9.08. The second-order valence-corrected chi connectivity index (χ2v) is 8.77. The molecule has 0 atom stereocenters. The van der Waals surface area contributed by atoms with Crippen molar-refractivity contribution in [2.45, 2.75) is 0 Å². The monoisotopic (exact) mass is 541 g/mol. The van der Waals surface area contributed by atoms with Crippen molar-refractivity contribution in [3.8, 4) is 0 Å². The lowest BCUT2D eigenvalue weighted by Crippen LogP contribution is -2.32. The molecule has 3 heterocycles. The van der Waals surface area contributed by atoms with E-state index in [1.165, 1.54) is 6.07 Å². The number of halogens is 3. The summed E-state index contributed by atoms with van der Waals surface area (Å²) >= 11 is 9.56. The number of benzene rings is 2. The van der Waals surface area contributed by atoms with Crippen LogP contribution in [0.1, 0.15) is 11.1 Å². The van der Waals surface area contributed by atoms with Crippen LogP contribution >= 0.6 is 27.5 Å². The Balaban J connectivity index is 1.50. The highest BCUT2D eigenvalue weighted by Crippen LogP contribution is 2.39. The molecule has 8 nitrogen and oxygen atoms in total. The molecule has 0 fully saturated rings. The van der Waals surface area contributed by atoms with Gasteiger partial charge >= 0.3 is 6.03 Å². The number of nitrogens with zero attached hydrogens (tertiary/aromatic N) is 4. The van der Waals surface area contributed by atoms with Crippen LogP contribution in [0.15, 0.2) is 52.1 Å². The Labute approximate surface area is 208 Å². The highest BCUT2D eigenvalue weighted by Gasteiger charge is 2.31. The predicted molar refractivity (Wildman–Crippen MR) is 137 cm³/mol. The lowest BCUT2D eigenvalue weighted by Gasteiger charge is -2.28. The van der Waals surface area contributed by atoms with Crippen LogP contribution < -0.4 is 20.9 Å². The van der Waals surface area contributed by atoms with E-state index in [4.69, 9.17) is 11.6 Å². The van der Waals surface area contributed by atoms with Gasteiger partial charge in [0.25, 0.3) is 0 Å². The fourth-order valence-electron chi connectivity index (χ4n) is 3.81. The van der Waals surface area contributed by atoms with Gasteiger partial charge in [-0.1, -0.05) is 39.7 Å². The van der Waals surface area contributed by atoms with E-state index in [1.54, 1.807) is 43.6 Å². The summed E-state index contributed by atoms with van der Waals surface area (Å²) in [6.45, 7) is 1.28. The van der Waals surface area contributed by atoms with Gasteiger partial charge in [-0.3, -0.25) is 4.99 Å². The zero-order valence-corrected chi connectivity index (χ0v) is 20.2. The third-order valence-electron chi connectivity index (χ3n) is 5.37. The summed E-state index contributed by atoms with van der Waals surface area (Å²) in [6.07, 6.45) is 3.65. The minimum Gasteiger partial charge on any atom is -0.357 e. The van der Waals surface area contributed by atoms with Crippen LogP contribution in [0.25, 0.3) is 11.6 Å². The maximum absolute atomic E-state index is 14.8. The van der Waals surface area contributed by atoms with E-state index in [9.17, 15) is 9.18 Å². The number of nitrogens with one attached hydrogen (secondary N) is 3. The quantitative estimate of drug-likeness (QED) is 0.405. The number of rotatable bonds is 4. The number of amidine groups is 1. The molecular weight excluding hydrogens is 525 g/mol. The maximum Gasteiger partial charge on any atom is 0.323 e. The molecule has 3 N–H and O–H groups in total. The Bertz CT molecular complexity index is 1380. The first kappa shape index (κ1) is 22.3. The van der Waals surface area contributed by atoms with Crippen molar-refractivity contribution < 1.29 is 9.18 Å². The van der Waals surface area contributed by atoms with Gasteiger partial charge in [0.05, 0.1) is 22.9 Å². The van der Waals surface area contributed by atoms with E-state index in [-0.39, 0.29) is 5.69 Å². The molecule has 172 valence electrons. The van der Waals surface area contributed by atoms with Crippen LogP contribution in [0, 0.1) is 5.82 Å². The summed E-state index contributed by atoms with van der Waals surface area (Å²) in [4.78, 5) is 28.1. The van der Waals surface area contributed by atoms with Gasteiger partial charge < -0.3 is 20.9 Å². The highest BCUT2D eigenvalue weighted by molar-refractivity contribution is 9.10. The molecular formula is C23H18BrClFN7O. The fourth-order valence-corrected chi connectivity index (χ4v) is 4.52. The van der Waals surface area contributed by atoms with Gasteiger partial charge in [-0.25, -0.2) is 14.2 Å². The number of amides is 2. The number of carbonyl (C=O) groups excluding carboxylic acids is 1. The smallest absolute Gasteiger partial charge is 0.323 e. The van der Waals surface area contributed by atoms with E-state index < -0.39 is 11.8 Å². The SMILES string of the molecule is CNc1ncc2c(n1)N1CCN=C1C(c1cc(NC(=O)Nc3ccccc3Cl)c(F)cc1Br)=C2. The third-order valence-corrected chi connectivity index (χ3v) is 6.36. The molecule has 0 saturated carbocycles. The molecule has 0 saturated heterocycles. The average Bonchev–Trinajstić information content (AvgIpc) is 3.32. The van der Waals surface area contributed by atoms with Crippen molar-refractivity contribution in [3.63, 3.8) is 0 Å². The molecule has 2 amide bonds. The molecule has 2 aliphatic heterocycles. The van der Waals surface area contributed by atoms with Crippen molar-refractivity contribution in [1.29, 1.82) is 0 Å². The number of hydrogen-bond donors (Lipinski definition) is 3. The van der Waals surface area contributed by atoms with E-state index in [2.05, 4.69) is 46.8 Å². The minimum atomic E-state index is -0.615. The van der Waals surface area contributed by atoms with E-state index in [0.717, 1.165) is 22.8 Å². The van der Waals surface area contributed by atoms with Crippen LogP contribution in [0.4, 0.5) is 32.3 Å². The van der Waals surface area contributed by atoms with Crippen LogP contribution in [0.2, 0.25) is 5.02 Å². The highest BCUT2D eigenvalue weighted by atomic mass is 79.9. The first-order valence-corrected chi connectivity index (χ1v) is 11.5. The molecule has 0 aliphatic carbocycles. The molecule has 34 heavy (non-hydrogen) atoms. The lowest BCUT2D eigenvalue weighted by molar-refractivity contribution is 0.262. The van der Waals surface area contributed by atoms with E-state index in [1.807, 2.05) is 11.0 Å². The summed E-state index contributed by atoms with van der Waals surface area (Å²) in [5.74, 6) is 1.41. The standard InChI is InChI=1S/C23H18BrClFN7O/c1-27-22-29-11-12-8-14(21-28-6-7-33(21)20(12)32-22)13-9-19(17(26)10-15(13)24)31-23(34)30-18-5-3-2-4-16(18)25/h2-5,8-11H,6-7H2,1H3,(H,27,29,32)(H2,30,31,34). The average molecular weight is 543 g/mol. The summed E-state index contributed by atoms with van der Waals surface area (Å²) < 4.78 is 15.3. The molecule has 11 heteroatoms. The van der Waals surface area contributed by atoms with Gasteiger partial charge in [0.15, 0.2) is 0 Å². The van der Waals surface area contributed by atoms with Crippen molar-refractivity contribution in [3.05, 3.63) is 69.0 Å². The van der Waals surface area contributed by atoms with Crippen LogP contribution in [-0.2, 0) is 0 Å². The van der Waals surface area contributed by atoms with Gasteiger partial charge in [-0.05, 0) is 30.3 Å². The number of urea groups is 1. The number of para-hydroxylation sites is 1. The number of anilines is 4. The summed E-state index contributed by atoms with van der Waals surface area (Å²) in [5, 5.41) is 8.53. The van der Waals surface area contributed by atoms with Gasteiger partial charge in [0, 0.05) is 41.0 Å². The third kappa shape index (κ3) is 4.10. The van der Waals surface area contributed by atoms with Crippen molar-refractivity contribution in [2.75, 3.05) is 41.0 Å². The number of aliphatic imine (C=N–C) groups is 1. The Morgan fingerprint density at radius 1 is 1.21 bits per heavy atom. The zero-order chi connectivity index (χ0) is 23.8. The molecule has 2 aromatic carbocycles. The Kier molecular flexibility index (Phi) is 5.93. The molecule has 5 rings (SSSR count). The van der Waals surface area contributed by atoms with Gasteiger partial charge in [0.1, 0.15) is 17.5 Å². The van der Waals surface area contributed by atoms with Gasteiger partial charge in [-0.2, -0.15) is 4.98 Å². The Morgan fingerprint density at radius 3 is 2.79 bits per heavy atom. The van der Waals surface area contributed by atoms with E-state index in [0.29, 0.717) is 39.8 Å². The second kappa shape index (κ2) is 9.03. The van der Waals surface area contributed by atoms with Crippen molar-refractivity contribution in [1.82, 2.24) is 9.97 Å². The second-order valence-electron chi connectivity index (χ2n) is 7.51.